The van der Waals surface area contributed by atoms with Crippen LogP contribution >= 0.6 is 0 Å². The number of sulfonamides is 1. The average Bonchev–Trinajstić information content (AvgIpc) is 2.46. The number of carbonyl (C=O) groups is 1. The predicted molar refractivity (Wildman–Crippen MR) is 72.0 cm³/mol. The van der Waals surface area contributed by atoms with Crippen LogP contribution < -0.4 is 0 Å². The second-order valence-corrected chi connectivity index (χ2v) is 6.50. The summed E-state index contributed by atoms with van der Waals surface area (Å²) in [5.74, 6) is -1.25. The molecule has 21 heavy (non-hydrogen) atoms. The molecule has 0 aromatic heterocycles. The molecule has 1 aromatic carbocycles. The highest BCUT2D eigenvalue weighted by molar-refractivity contribution is 7.89. The van der Waals surface area contributed by atoms with Crippen molar-refractivity contribution in [3.8, 4) is 6.07 Å². The number of carboxylic acid groups (broad SMARTS) is 1. The van der Waals surface area contributed by atoms with Gasteiger partial charge in [0.25, 0.3) is 0 Å². The summed E-state index contributed by atoms with van der Waals surface area (Å²) in [6, 6.07) is 4.88. The molecule has 0 bridgehead atoms. The zero-order chi connectivity index (χ0) is 15.6. The van der Waals surface area contributed by atoms with E-state index in [0.29, 0.717) is 11.1 Å². The fourth-order valence-corrected chi connectivity index (χ4v) is 3.96. The molecule has 1 heterocycles. The maximum absolute atomic E-state index is 12.6. The molecule has 1 N–H and O–H groups in total. The van der Waals surface area contributed by atoms with E-state index in [1.165, 1.54) is 18.2 Å². The van der Waals surface area contributed by atoms with E-state index in [-0.39, 0.29) is 24.7 Å². The largest absolute Gasteiger partial charge is 0.480 e. The first-order chi connectivity index (χ1) is 9.87. The summed E-state index contributed by atoms with van der Waals surface area (Å²) < 4.78 is 31.3. The second-order valence-electron chi connectivity index (χ2n) is 4.64. The third kappa shape index (κ3) is 2.90. The van der Waals surface area contributed by atoms with Crippen LogP contribution in [0.3, 0.4) is 0 Å². The van der Waals surface area contributed by atoms with Crippen LogP contribution in [-0.4, -0.2) is 49.6 Å². The first-order valence-electron chi connectivity index (χ1n) is 6.21. The maximum atomic E-state index is 12.6. The van der Waals surface area contributed by atoms with Gasteiger partial charge in [-0.1, -0.05) is 0 Å². The van der Waals surface area contributed by atoms with Crippen LogP contribution in [0.1, 0.15) is 11.1 Å². The van der Waals surface area contributed by atoms with Gasteiger partial charge in [-0.25, -0.2) is 8.42 Å². The molecule has 0 amide bonds. The van der Waals surface area contributed by atoms with E-state index in [4.69, 9.17) is 15.1 Å². The van der Waals surface area contributed by atoms with Gasteiger partial charge < -0.3 is 9.84 Å². The lowest BCUT2D eigenvalue weighted by Crippen LogP contribution is -2.52. The molecule has 1 unspecified atom stereocenters. The van der Waals surface area contributed by atoms with Crippen LogP contribution in [0.15, 0.2) is 23.1 Å². The Morgan fingerprint density at radius 1 is 1.52 bits per heavy atom. The van der Waals surface area contributed by atoms with Gasteiger partial charge in [0.05, 0.1) is 29.7 Å². The normalized spacial score (nSPS) is 19.9. The molecule has 7 nitrogen and oxygen atoms in total. The Balaban J connectivity index is 2.46. The van der Waals surface area contributed by atoms with Gasteiger partial charge in [0, 0.05) is 6.54 Å². The Hall–Kier alpha value is -1.95. The number of hydrogen-bond acceptors (Lipinski definition) is 5. The number of rotatable bonds is 3. The van der Waals surface area contributed by atoms with Crippen molar-refractivity contribution in [2.24, 2.45) is 0 Å². The molecule has 1 aromatic rings. The molecular formula is C13H14N2O5S. The lowest BCUT2D eigenvalue weighted by Gasteiger charge is -2.32. The standard InChI is InChI=1S/C13H14N2O5S/c1-9-6-10(7-14)2-3-12(9)21(18,19)15-4-5-20-8-11(15)13(16)17/h2-3,6,11H,4-5,8H2,1H3,(H,16,17). The molecule has 2 rings (SSSR count). The molecule has 1 saturated heterocycles. The van der Waals surface area contributed by atoms with Gasteiger partial charge in [0.15, 0.2) is 0 Å². The molecule has 0 spiro atoms. The lowest BCUT2D eigenvalue weighted by molar-refractivity contribution is -0.146. The number of hydrogen-bond donors (Lipinski definition) is 1. The summed E-state index contributed by atoms with van der Waals surface area (Å²) in [6.45, 7) is 1.53. The van der Waals surface area contributed by atoms with Gasteiger partial charge in [0.2, 0.25) is 10.0 Å². The molecule has 1 aliphatic rings. The van der Waals surface area contributed by atoms with Crippen molar-refractivity contribution in [3.63, 3.8) is 0 Å². The number of nitriles is 1. The number of carboxylic acids is 1. The highest BCUT2D eigenvalue weighted by Gasteiger charge is 2.38. The quantitative estimate of drug-likeness (QED) is 0.862. The minimum atomic E-state index is -3.95. The van der Waals surface area contributed by atoms with E-state index in [1.807, 2.05) is 6.07 Å². The Bertz CT molecular complexity index is 708. The Morgan fingerprint density at radius 2 is 2.24 bits per heavy atom. The van der Waals surface area contributed by atoms with E-state index in [2.05, 4.69) is 0 Å². The molecule has 112 valence electrons. The summed E-state index contributed by atoms with van der Waals surface area (Å²) in [4.78, 5) is 11.2. The summed E-state index contributed by atoms with van der Waals surface area (Å²) in [7, 11) is -3.95. The van der Waals surface area contributed by atoms with E-state index in [0.717, 1.165) is 4.31 Å². The van der Waals surface area contributed by atoms with Gasteiger partial charge in [-0.15, -0.1) is 0 Å². The second kappa shape index (κ2) is 5.81. The third-order valence-corrected chi connectivity index (χ3v) is 5.32. The van der Waals surface area contributed by atoms with Crippen LogP contribution in [0, 0.1) is 18.3 Å². The Labute approximate surface area is 122 Å². The summed E-state index contributed by atoms with van der Waals surface area (Å²) in [5.41, 5.74) is 0.757. The monoisotopic (exact) mass is 310 g/mol. The minimum absolute atomic E-state index is 0.00894. The van der Waals surface area contributed by atoms with E-state index >= 15 is 0 Å². The highest BCUT2D eigenvalue weighted by atomic mass is 32.2. The van der Waals surface area contributed by atoms with Crippen LogP contribution in [-0.2, 0) is 19.6 Å². The van der Waals surface area contributed by atoms with Crippen molar-refractivity contribution in [2.75, 3.05) is 19.8 Å². The molecule has 0 saturated carbocycles. The van der Waals surface area contributed by atoms with Crippen LogP contribution in [0.2, 0.25) is 0 Å². The first kappa shape index (κ1) is 15.4. The molecule has 8 heteroatoms. The molecule has 0 aliphatic carbocycles. The van der Waals surface area contributed by atoms with Crippen molar-refractivity contribution in [3.05, 3.63) is 29.3 Å². The van der Waals surface area contributed by atoms with Crippen LogP contribution in [0.4, 0.5) is 0 Å². The van der Waals surface area contributed by atoms with E-state index in [1.54, 1.807) is 6.92 Å². The van der Waals surface area contributed by atoms with Crippen molar-refractivity contribution in [1.29, 1.82) is 5.26 Å². The van der Waals surface area contributed by atoms with Crippen molar-refractivity contribution in [2.45, 2.75) is 17.9 Å². The topological polar surface area (TPSA) is 108 Å². The number of aryl methyl sites for hydroxylation is 1. The Kier molecular flexibility index (Phi) is 4.27. The smallest absolute Gasteiger partial charge is 0.324 e. The summed E-state index contributed by atoms with van der Waals surface area (Å²) in [6.07, 6.45) is 0. The molecule has 0 radical (unpaired) electrons. The predicted octanol–water partition coefficient (Wildman–Crippen LogP) is 0.341. The lowest BCUT2D eigenvalue weighted by atomic mass is 10.2. The molecular weight excluding hydrogens is 296 g/mol. The van der Waals surface area contributed by atoms with Gasteiger partial charge in [-0.2, -0.15) is 9.57 Å². The van der Waals surface area contributed by atoms with Crippen LogP contribution in [0.25, 0.3) is 0 Å². The third-order valence-electron chi connectivity index (χ3n) is 3.26. The number of morpholine rings is 1. The minimum Gasteiger partial charge on any atom is -0.480 e. The van der Waals surface area contributed by atoms with Gasteiger partial charge in [-0.3, -0.25) is 4.79 Å². The molecule has 1 atom stereocenters. The summed E-state index contributed by atoms with van der Waals surface area (Å²) in [5, 5.41) is 18.0. The van der Waals surface area contributed by atoms with E-state index < -0.39 is 22.0 Å². The maximum Gasteiger partial charge on any atom is 0.324 e. The first-order valence-corrected chi connectivity index (χ1v) is 7.65. The zero-order valence-electron chi connectivity index (χ0n) is 11.3. The number of nitrogens with zero attached hydrogens (tertiary/aromatic N) is 2. The number of ether oxygens (including phenoxy) is 1. The van der Waals surface area contributed by atoms with Gasteiger partial charge in [0.1, 0.15) is 6.04 Å². The van der Waals surface area contributed by atoms with Crippen molar-refractivity contribution >= 4 is 16.0 Å². The highest BCUT2D eigenvalue weighted by Crippen LogP contribution is 2.24. The van der Waals surface area contributed by atoms with Crippen molar-refractivity contribution in [1.82, 2.24) is 4.31 Å². The SMILES string of the molecule is Cc1cc(C#N)ccc1S(=O)(=O)N1CCOCC1C(=O)O. The number of aliphatic carboxylic acids is 1. The summed E-state index contributed by atoms with van der Waals surface area (Å²) >= 11 is 0. The van der Waals surface area contributed by atoms with E-state index in [9.17, 15) is 13.2 Å². The zero-order valence-corrected chi connectivity index (χ0v) is 12.1. The van der Waals surface area contributed by atoms with Gasteiger partial charge >= 0.3 is 5.97 Å². The van der Waals surface area contributed by atoms with Gasteiger partial charge in [-0.05, 0) is 30.7 Å². The average molecular weight is 310 g/mol. The fraction of sp³-hybridized carbons (Fsp3) is 0.385. The number of benzene rings is 1. The Morgan fingerprint density at radius 3 is 2.81 bits per heavy atom. The molecule has 1 fully saturated rings. The van der Waals surface area contributed by atoms with Crippen molar-refractivity contribution < 1.29 is 23.1 Å². The molecule has 1 aliphatic heterocycles. The fourth-order valence-electron chi connectivity index (χ4n) is 2.21. The van der Waals surface area contributed by atoms with Crippen LogP contribution in [0.5, 0.6) is 0 Å².